The van der Waals surface area contributed by atoms with Crippen molar-refractivity contribution in [3.8, 4) is 0 Å². The maximum absolute atomic E-state index is 13.1. The van der Waals surface area contributed by atoms with Gasteiger partial charge in [-0.1, -0.05) is 35.9 Å². The van der Waals surface area contributed by atoms with Crippen LogP contribution in [0.2, 0.25) is 0 Å². The van der Waals surface area contributed by atoms with Gasteiger partial charge < -0.3 is 4.90 Å². The zero-order valence-electron chi connectivity index (χ0n) is 18.0. The summed E-state index contributed by atoms with van der Waals surface area (Å²) in [7, 11) is -0.643. The minimum atomic E-state index is -3.77. The maximum Gasteiger partial charge on any atom is 0.264 e. The van der Waals surface area contributed by atoms with Crippen molar-refractivity contribution < 1.29 is 17.6 Å². The largest absolute Gasteiger partial charge is 0.337 e. The lowest BCUT2D eigenvalue weighted by atomic mass is 10.1. The Hall–Kier alpha value is -3.19. The minimum absolute atomic E-state index is 0.185. The van der Waals surface area contributed by atoms with Crippen LogP contribution >= 0.6 is 0 Å². The molecule has 162 valence electrons. The molecule has 0 saturated heterocycles. The van der Waals surface area contributed by atoms with E-state index in [9.17, 15) is 17.6 Å². The van der Waals surface area contributed by atoms with Crippen LogP contribution in [0.4, 0.5) is 10.1 Å². The Morgan fingerprint density at radius 3 is 2.13 bits per heavy atom. The second kappa shape index (κ2) is 8.89. The molecule has 0 aliphatic heterocycles. The van der Waals surface area contributed by atoms with E-state index < -0.39 is 10.0 Å². The molecule has 3 rings (SSSR count). The van der Waals surface area contributed by atoms with Crippen LogP contribution in [0, 0.1) is 19.7 Å². The highest BCUT2D eigenvalue weighted by molar-refractivity contribution is 7.92. The Kier molecular flexibility index (Phi) is 6.45. The first-order valence-corrected chi connectivity index (χ1v) is 11.2. The molecule has 0 aliphatic carbocycles. The Morgan fingerprint density at radius 1 is 0.903 bits per heavy atom. The van der Waals surface area contributed by atoms with Gasteiger partial charge in [-0.3, -0.25) is 9.10 Å². The van der Waals surface area contributed by atoms with Crippen LogP contribution in [-0.2, 0) is 16.6 Å². The van der Waals surface area contributed by atoms with Crippen molar-refractivity contribution >= 4 is 21.6 Å². The first-order valence-electron chi connectivity index (χ1n) is 9.76. The standard InChI is InChI=1S/C24H25FN2O3S/c1-17-5-13-22(14-6-17)31(29,30)27(4)23-15-20(10-7-18(23)2)24(28)26(3)16-19-8-11-21(25)12-9-19/h5-15H,16H2,1-4H3. The number of rotatable bonds is 6. The topological polar surface area (TPSA) is 57.7 Å². The van der Waals surface area contributed by atoms with Gasteiger partial charge in [-0.2, -0.15) is 0 Å². The SMILES string of the molecule is Cc1ccc(S(=O)(=O)N(C)c2cc(C(=O)N(C)Cc3ccc(F)cc3)ccc2C)cc1. The minimum Gasteiger partial charge on any atom is -0.337 e. The number of carbonyl (C=O) groups is 1. The highest BCUT2D eigenvalue weighted by atomic mass is 32.2. The molecule has 0 bridgehead atoms. The summed E-state index contributed by atoms with van der Waals surface area (Å²) in [4.78, 5) is 14.6. The summed E-state index contributed by atoms with van der Waals surface area (Å²) in [5.74, 6) is -0.592. The third-order valence-corrected chi connectivity index (χ3v) is 6.94. The van der Waals surface area contributed by atoms with Gasteiger partial charge in [0.1, 0.15) is 5.82 Å². The highest BCUT2D eigenvalue weighted by Gasteiger charge is 2.24. The van der Waals surface area contributed by atoms with Gasteiger partial charge in [0.15, 0.2) is 0 Å². The van der Waals surface area contributed by atoms with E-state index in [4.69, 9.17) is 0 Å². The Bertz CT molecular complexity index is 1190. The highest BCUT2D eigenvalue weighted by Crippen LogP contribution is 2.27. The van der Waals surface area contributed by atoms with Crippen molar-refractivity contribution in [3.05, 3.63) is 94.8 Å². The van der Waals surface area contributed by atoms with E-state index in [1.807, 2.05) is 6.92 Å². The van der Waals surface area contributed by atoms with Gasteiger partial charge in [0.2, 0.25) is 0 Å². The lowest BCUT2D eigenvalue weighted by molar-refractivity contribution is 0.0785. The number of hydrogen-bond acceptors (Lipinski definition) is 3. The van der Waals surface area contributed by atoms with E-state index in [0.29, 0.717) is 17.8 Å². The number of aryl methyl sites for hydroxylation is 2. The second-order valence-electron chi connectivity index (χ2n) is 7.57. The molecule has 3 aromatic carbocycles. The second-order valence-corrected chi connectivity index (χ2v) is 9.54. The van der Waals surface area contributed by atoms with Crippen LogP contribution in [0.15, 0.2) is 71.6 Å². The van der Waals surface area contributed by atoms with Gasteiger partial charge in [-0.05, 0) is 61.4 Å². The molecular formula is C24H25FN2O3S. The van der Waals surface area contributed by atoms with E-state index in [0.717, 1.165) is 16.7 Å². The van der Waals surface area contributed by atoms with Crippen molar-refractivity contribution in [1.29, 1.82) is 0 Å². The molecule has 0 fully saturated rings. The van der Waals surface area contributed by atoms with E-state index in [1.165, 1.54) is 28.4 Å². The lowest BCUT2D eigenvalue weighted by Gasteiger charge is -2.23. The van der Waals surface area contributed by atoms with E-state index in [1.54, 1.807) is 68.6 Å². The summed E-state index contributed by atoms with van der Waals surface area (Å²) in [5.41, 5.74) is 3.30. The molecule has 5 nitrogen and oxygen atoms in total. The first-order chi connectivity index (χ1) is 14.6. The summed E-state index contributed by atoms with van der Waals surface area (Å²) in [6.45, 7) is 3.99. The average molecular weight is 441 g/mol. The van der Waals surface area contributed by atoms with Crippen molar-refractivity contribution in [1.82, 2.24) is 4.90 Å². The Balaban J connectivity index is 1.87. The Morgan fingerprint density at radius 2 is 1.52 bits per heavy atom. The van der Waals surface area contributed by atoms with Crippen LogP contribution in [0.25, 0.3) is 0 Å². The molecular weight excluding hydrogens is 415 g/mol. The molecule has 31 heavy (non-hydrogen) atoms. The number of anilines is 1. The summed E-state index contributed by atoms with van der Waals surface area (Å²) in [6, 6.07) is 17.6. The van der Waals surface area contributed by atoms with Gasteiger partial charge in [-0.25, -0.2) is 12.8 Å². The van der Waals surface area contributed by atoms with Crippen LogP contribution in [0.5, 0.6) is 0 Å². The van der Waals surface area contributed by atoms with Crippen LogP contribution in [-0.4, -0.2) is 33.3 Å². The zero-order valence-corrected chi connectivity index (χ0v) is 18.8. The predicted molar refractivity (Wildman–Crippen MR) is 120 cm³/mol. The molecule has 3 aromatic rings. The molecule has 1 amide bonds. The summed E-state index contributed by atoms with van der Waals surface area (Å²) in [6.07, 6.45) is 0. The fourth-order valence-electron chi connectivity index (χ4n) is 3.24. The van der Waals surface area contributed by atoms with Gasteiger partial charge >= 0.3 is 0 Å². The smallest absolute Gasteiger partial charge is 0.264 e. The zero-order chi connectivity index (χ0) is 22.8. The summed E-state index contributed by atoms with van der Waals surface area (Å²) >= 11 is 0. The van der Waals surface area contributed by atoms with Gasteiger partial charge in [0, 0.05) is 26.2 Å². The quantitative estimate of drug-likeness (QED) is 0.566. The Labute approximate surface area is 182 Å². The molecule has 0 aliphatic rings. The molecule has 0 N–H and O–H groups in total. The average Bonchev–Trinajstić information content (AvgIpc) is 2.75. The van der Waals surface area contributed by atoms with Crippen molar-refractivity contribution in [2.24, 2.45) is 0 Å². The molecule has 0 heterocycles. The van der Waals surface area contributed by atoms with Crippen molar-refractivity contribution in [2.45, 2.75) is 25.3 Å². The lowest BCUT2D eigenvalue weighted by Crippen LogP contribution is -2.29. The van der Waals surface area contributed by atoms with E-state index in [-0.39, 0.29) is 16.6 Å². The van der Waals surface area contributed by atoms with Gasteiger partial charge in [0.05, 0.1) is 10.6 Å². The predicted octanol–water partition coefficient (Wildman–Crippen LogP) is 4.54. The molecule has 0 unspecified atom stereocenters. The number of carbonyl (C=O) groups excluding carboxylic acids is 1. The molecule has 0 radical (unpaired) electrons. The number of amides is 1. The summed E-state index contributed by atoms with van der Waals surface area (Å²) < 4.78 is 40.5. The number of benzene rings is 3. The van der Waals surface area contributed by atoms with Crippen LogP contribution in [0.3, 0.4) is 0 Å². The molecule has 0 spiro atoms. The third kappa shape index (κ3) is 4.94. The molecule has 7 heteroatoms. The first kappa shape index (κ1) is 22.5. The molecule has 0 atom stereocenters. The van der Waals surface area contributed by atoms with Gasteiger partial charge in [0.25, 0.3) is 15.9 Å². The van der Waals surface area contributed by atoms with Crippen LogP contribution in [0.1, 0.15) is 27.0 Å². The monoisotopic (exact) mass is 440 g/mol. The van der Waals surface area contributed by atoms with E-state index in [2.05, 4.69) is 0 Å². The third-order valence-electron chi connectivity index (χ3n) is 5.15. The summed E-state index contributed by atoms with van der Waals surface area (Å²) in [5, 5.41) is 0. The fourth-order valence-corrected chi connectivity index (χ4v) is 4.49. The maximum atomic E-state index is 13.1. The normalized spacial score (nSPS) is 11.3. The van der Waals surface area contributed by atoms with Gasteiger partial charge in [-0.15, -0.1) is 0 Å². The number of sulfonamides is 1. The van der Waals surface area contributed by atoms with Crippen LogP contribution < -0.4 is 4.31 Å². The van der Waals surface area contributed by atoms with Crippen molar-refractivity contribution in [2.75, 3.05) is 18.4 Å². The number of hydrogen-bond donors (Lipinski definition) is 0. The van der Waals surface area contributed by atoms with E-state index >= 15 is 0 Å². The molecule has 0 saturated carbocycles. The molecule has 0 aromatic heterocycles. The number of nitrogens with zero attached hydrogens (tertiary/aromatic N) is 2. The fraction of sp³-hybridized carbons (Fsp3) is 0.208. The number of halogens is 1. The van der Waals surface area contributed by atoms with Crippen molar-refractivity contribution in [3.63, 3.8) is 0 Å².